The van der Waals surface area contributed by atoms with Crippen molar-refractivity contribution < 1.29 is 8.42 Å². The quantitative estimate of drug-likeness (QED) is 0.724. The molecule has 0 saturated heterocycles. The molecule has 0 aromatic heterocycles. The highest BCUT2D eigenvalue weighted by molar-refractivity contribution is 7.98. The molecule has 0 fully saturated rings. The smallest absolute Gasteiger partial charge is 0.207 e. The van der Waals surface area contributed by atoms with Crippen LogP contribution in [0.3, 0.4) is 0 Å². The van der Waals surface area contributed by atoms with Gasteiger partial charge in [0.25, 0.3) is 0 Å². The van der Waals surface area contributed by atoms with Crippen LogP contribution in [0.25, 0.3) is 0 Å². The van der Waals surface area contributed by atoms with Gasteiger partial charge in [0.15, 0.2) is 0 Å². The normalized spacial score (nSPS) is 13.7. The first-order valence-electron chi connectivity index (χ1n) is 6.06. The molecular weight excluding hydrogens is 302 g/mol. The first-order chi connectivity index (χ1) is 8.95. The minimum atomic E-state index is -3.47. The number of halogens is 1. The highest BCUT2D eigenvalue weighted by atomic mass is 35.5. The summed E-state index contributed by atoms with van der Waals surface area (Å²) >= 11 is 7.54. The average molecular weight is 322 g/mol. The molecule has 0 saturated carbocycles. The van der Waals surface area contributed by atoms with Gasteiger partial charge in [-0.3, -0.25) is 0 Å². The standard InChI is InChI=1S/C13H20ClNO2S2/c1-11(8-9-18-3)15(2)19(16,17)13-7-5-4-6-12(13)10-14/h4-7,11H,8-10H2,1-3H3. The Morgan fingerprint density at radius 1 is 1.37 bits per heavy atom. The second kappa shape index (κ2) is 7.53. The largest absolute Gasteiger partial charge is 0.243 e. The third-order valence-corrected chi connectivity index (χ3v) is 6.14. The van der Waals surface area contributed by atoms with Crippen LogP contribution < -0.4 is 0 Å². The second-order valence-corrected chi connectivity index (χ2v) is 7.61. The highest BCUT2D eigenvalue weighted by Gasteiger charge is 2.26. The summed E-state index contributed by atoms with van der Waals surface area (Å²) in [4.78, 5) is 0.309. The molecule has 6 heteroatoms. The Kier molecular flexibility index (Phi) is 6.66. The number of benzene rings is 1. The van der Waals surface area contributed by atoms with Gasteiger partial charge in [0.1, 0.15) is 0 Å². The monoisotopic (exact) mass is 321 g/mol. The molecule has 1 atom stereocenters. The van der Waals surface area contributed by atoms with Crippen LogP contribution >= 0.6 is 23.4 Å². The third kappa shape index (κ3) is 4.12. The molecular formula is C13H20ClNO2S2. The number of rotatable bonds is 7. The number of sulfonamides is 1. The molecule has 1 aromatic carbocycles. The van der Waals surface area contributed by atoms with Crippen molar-refractivity contribution in [1.29, 1.82) is 0 Å². The summed E-state index contributed by atoms with van der Waals surface area (Å²) in [5, 5.41) is 0. The van der Waals surface area contributed by atoms with Gasteiger partial charge in [-0.2, -0.15) is 16.1 Å². The molecule has 0 aliphatic carbocycles. The van der Waals surface area contributed by atoms with Crippen molar-refractivity contribution >= 4 is 33.4 Å². The molecule has 0 amide bonds. The Hall–Kier alpha value is -0.230. The average Bonchev–Trinajstić information content (AvgIpc) is 2.43. The Morgan fingerprint density at radius 3 is 2.58 bits per heavy atom. The van der Waals surface area contributed by atoms with E-state index in [9.17, 15) is 8.42 Å². The molecule has 1 rings (SSSR count). The van der Waals surface area contributed by atoms with Gasteiger partial charge in [-0.1, -0.05) is 18.2 Å². The Bertz CT molecular complexity index is 505. The molecule has 108 valence electrons. The maximum Gasteiger partial charge on any atom is 0.243 e. The summed E-state index contributed by atoms with van der Waals surface area (Å²) in [6.07, 6.45) is 2.85. The Labute approximate surface area is 125 Å². The number of hydrogen-bond acceptors (Lipinski definition) is 3. The summed E-state index contributed by atoms with van der Waals surface area (Å²) in [5.41, 5.74) is 0.646. The maximum absolute atomic E-state index is 12.6. The first kappa shape index (κ1) is 16.8. The fourth-order valence-electron chi connectivity index (χ4n) is 1.73. The highest BCUT2D eigenvalue weighted by Crippen LogP contribution is 2.23. The predicted octanol–water partition coefficient (Wildman–Crippen LogP) is 3.19. The van der Waals surface area contributed by atoms with Crippen molar-refractivity contribution in [3.8, 4) is 0 Å². The molecule has 0 N–H and O–H groups in total. The van der Waals surface area contributed by atoms with E-state index >= 15 is 0 Å². The van der Waals surface area contributed by atoms with Crippen molar-refractivity contribution in [3.63, 3.8) is 0 Å². The van der Waals surface area contributed by atoms with Crippen molar-refractivity contribution in [2.45, 2.75) is 30.2 Å². The maximum atomic E-state index is 12.6. The molecule has 0 heterocycles. The van der Waals surface area contributed by atoms with Crippen LogP contribution in [0.15, 0.2) is 29.2 Å². The van der Waals surface area contributed by atoms with Crippen LogP contribution in [-0.4, -0.2) is 37.8 Å². The topological polar surface area (TPSA) is 37.4 Å². The lowest BCUT2D eigenvalue weighted by molar-refractivity contribution is 0.382. The van der Waals surface area contributed by atoms with E-state index in [-0.39, 0.29) is 11.9 Å². The van der Waals surface area contributed by atoms with Crippen molar-refractivity contribution in [2.75, 3.05) is 19.1 Å². The van der Waals surface area contributed by atoms with Crippen LogP contribution in [-0.2, 0) is 15.9 Å². The van der Waals surface area contributed by atoms with E-state index in [0.29, 0.717) is 10.5 Å². The van der Waals surface area contributed by atoms with Gasteiger partial charge < -0.3 is 0 Å². The molecule has 0 bridgehead atoms. The van der Waals surface area contributed by atoms with Crippen molar-refractivity contribution in [3.05, 3.63) is 29.8 Å². The minimum Gasteiger partial charge on any atom is -0.207 e. The lowest BCUT2D eigenvalue weighted by Crippen LogP contribution is -2.35. The molecule has 19 heavy (non-hydrogen) atoms. The van der Waals surface area contributed by atoms with Crippen LogP contribution in [0.1, 0.15) is 18.9 Å². The van der Waals surface area contributed by atoms with Gasteiger partial charge in [0, 0.05) is 19.0 Å². The van der Waals surface area contributed by atoms with Crippen LogP contribution in [0.2, 0.25) is 0 Å². The molecule has 1 unspecified atom stereocenters. The van der Waals surface area contributed by atoms with Gasteiger partial charge in [-0.05, 0) is 37.0 Å². The van der Waals surface area contributed by atoms with Crippen molar-refractivity contribution in [1.82, 2.24) is 4.31 Å². The Balaban J connectivity index is 3.03. The molecule has 1 aromatic rings. The predicted molar refractivity (Wildman–Crippen MR) is 83.4 cm³/mol. The van der Waals surface area contributed by atoms with E-state index in [2.05, 4.69) is 0 Å². The van der Waals surface area contributed by atoms with Gasteiger partial charge in [-0.15, -0.1) is 11.6 Å². The fraction of sp³-hybridized carbons (Fsp3) is 0.538. The zero-order valence-corrected chi connectivity index (χ0v) is 13.9. The Morgan fingerprint density at radius 2 is 2.00 bits per heavy atom. The van der Waals surface area contributed by atoms with E-state index in [1.807, 2.05) is 13.2 Å². The summed E-state index contributed by atoms with van der Waals surface area (Å²) in [7, 11) is -1.84. The molecule has 3 nitrogen and oxygen atoms in total. The molecule has 0 spiro atoms. The summed E-state index contributed by atoms with van der Waals surface area (Å²) in [6.45, 7) is 1.93. The lowest BCUT2D eigenvalue weighted by atomic mass is 10.2. The molecule has 0 aliphatic heterocycles. The summed E-state index contributed by atoms with van der Waals surface area (Å²) in [6, 6.07) is 6.86. The lowest BCUT2D eigenvalue weighted by Gasteiger charge is -2.25. The molecule has 0 aliphatic rings. The summed E-state index contributed by atoms with van der Waals surface area (Å²) in [5.74, 6) is 1.14. The van der Waals surface area contributed by atoms with Gasteiger partial charge in [0.2, 0.25) is 10.0 Å². The third-order valence-electron chi connectivity index (χ3n) is 3.13. The van der Waals surface area contributed by atoms with E-state index < -0.39 is 10.0 Å². The van der Waals surface area contributed by atoms with Gasteiger partial charge in [-0.25, -0.2) is 8.42 Å². The van der Waals surface area contributed by atoms with Crippen LogP contribution in [0.4, 0.5) is 0 Å². The van der Waals surface area contributed by atoms with Crippen LogP contribution in [0.5, 0.6) is 0 Å². The fourth-order valence-corrected chi connectivity index (χ4v) is 4.23. The summed E-state index contributed by atoms with van der Waals surface area (Å²) < 4.78 is 26.6. The number of hydrogen-bond donors (Lipinski definition) is 0. The van der Waals surface area contributed by atoms with E-state index in [1.54, 1.807) is 43.1 Å². The van der Waals surface area contributed by atoms with E-state index in [0.717, 1.165) is 12.2 Å². The van der Waals surface area contributed by atoms with Gasteiger partial charge in [0.05, 0.1) is 4.90 Å². The minimum absolute atomic E-state index is 0.0270. The first-order valence-corrected chi connectivity index (χ1v) is 9.42. The van der Waals surface area contributed by atoms with Gasteiger partial charge >= 0.3 is 0 Å². The SMILES string of the molecule is CSCCC(C)N(C)S(=O)(=O)c1ccccc1CCl. The van der Waals surface area contributed by atoms with E-state index in [4.69, 9.17) is 11.6 Å². The second-order valence-electron chi connectivity index (χ2n) is 4.39. The number of thioether (sulfide) groups is 1. The number of nitrogens with zero attached hydrogens (tertiary/aromatic N) is 1. The zero-order chi connectivity index (χ0) is 14.5. The zero-order valence-electron chi connectivity index (χ0n) is 11.5. The molecule has 0 radical (unpaired) electrons. The van der Waals surface area contributed by atoms with Crippen LogP contribution in [0, 0.1) is 0 Å². The van der Waals surface area contributed by atoms with E-state index in [1.165, 1.54) is 4.31 Å². The van der Waals surface area contributed by atoms with Crippen molar-refractivity contribution in [2.24, 2.45) is 0 Å². The number of alkyl halides is 1.